The molecule has 0 aliphatic rings. The first-order chi connectivity index (χ1) is 12.0. The highest BCUT2D eigenvalue weighted by Gasteiger charge is 2.11. The van der Waals surface area contributed by atoms with Crippen LogP contribution in [0.2, 0.25) is 0 Å². The fourth-order valence-electron chi connectivity index (χ4n) is 2.61. The summed E-state index contributed by atoms with van der Waals surface area (Å²) in [5.41, 5.74) is 3.60. The van der Waals surface area contributed by atoms with E-state index in [1.165, 1.54) is 5.56 Å². The highest BCUT2D eigenvalue weighted by atomic mass is 16.5. The van der Waals surface area contributed by atoms with Gasteiger partial charge in [0.1, 0.15) is 17.6 Å². The Morgan fingerprint density at radius 2 is 1.04 bits per heavy atom. The van der Waals surface area contributed by atoms with E-state index in [0.717, 1.165) is 28.2 Å². The van der Waals surface area contributed by atoms with Crippen molar-refractivity contribution in [1.29, 1.82) is 0 Å². The summed E-state index contributed by atoms with van der Waals surface area (Å²) in [6.45, 7) is 3.76. The minimum atomic E-state index is -0.712. The van der Waals surface area contributed by atoms with Gasteiger partial charge in [-0.15, -0.1) is 0 Å². The summed E-state index contributed by atoms with van der Waals surface area (Å²) in [4.78, 5) is 0. The number of hydrogen-bond donors (Lipinski definition) is 2. The Labute approximate surface area is 148 Å². The maximum Gasteiger partial charge on any atom is 0.127 e. The van der Waals surface area contributed by atoms with Crippen LogP contribution in [0.25, 0.3) is 0 Å². The van der Waals surface area contributed by atoms with Gasteiger partial charge in [0, 0.05) is 0 Å². The summed E-state index contributed by atoms with van der Waals surface area (Å²) in [5.74, 6) is 1.51. The van der Waals surface area contributed by atoms with Crippen LogP contribution in [0.4, 0.5) is 0 Å². The Hall–Kier alpha value is -2.62. The van der Waals surface area contributed by atoms with Crippen molar-refractivity contribution in [3.63, 3.8) is 0 Å². The summed E-state index contributed by atoms with van der Waals surface area (Å²) in [6, 6.07) is 22.6. The Bertz CT molecular complexity index is 803. The third kappa shape index (κ3) is 4.27. The molecule has 3 aromatic carbocycles. The van der Waals surface area contributed by atoms with Crippen LogP contribution >= 0.6 is 0 Å². The SMILES string of the molecule is Cc1ccc(Oc2ccc([C@@H](O)c3ccc([C@H](C)O)cc3)cc2)cc1. The minimum Gasteiger partial charge on any atom is -0.457 e. The van der Waals surface area contributed by atoms with Crippen LogP contribution in [-0.2, 0) is 0 Å². The van der Waals surface area contributed by atoms with Gasteiger partial charge in [0.15, 0.2) is 0 Å². The van der Waals surface area contributed by atoms with Crippen LogP contribution in [-0.4, -0.2) is 10.2 Å². The van der Waals surface area contributed by atoms with E-state index in [9.17, 15) is 10.2 Å². The smallest absolute Gasteiger partial charge is 0.127 e. The molecule has 0 unspecified atom stereocenters. The summed E-state index contributed by atoms with van der Waals surface area (Å²) in [5, 5.41) is 20.1. The average Bonchev–Trinajstić information content (AvgIpc) is 2.64. The summed E-state index contributed by atoms with van der Waals surface area (Å²) >= 11 is 0. The number of aliphatic hydroxyl groups is 2. The van der Waals surface area contributed by atoms with Gasteiger partial charge in [-0.2, -0.15) is 0 Å². The van der Waals surface area contributed by atoms with Gasteiger partial charge < -0.3 is 14.9 Å². The second kappa shape index (κ2) is 7.51. The van der Waals surface area contributed by atoms with Gasteiger partial charge in [-0.05, 0) is 54.8 Å². The molecule has 128 valence electrons. The van der Waals surface area contributed by atoms with Crippen molar-refractivity contribution >= 4 is 0 Å². The Kier molecular flexibility index (Phi) is 5.17. The van der Waals surface area contributed by atoms with Crippen LogP contribution in [0, 0.1) is 6.92 Å². The van der Waals surface area contributed by atoms with Crippen molar-refractivity contribution in [2.45, 2.75) is 26.1 Å². The molecule has 2 atom stereocenters. The Morgan fingerprint density at radius 1 is 0.640 bits per heavy atom. The number of benzene rings is 3. The average molecular weight is 334 g/mol. The van der Waals surface area contributed by atoms with Gasteiger partial charge in [0.05, 0.1) is 6.10 Å². The first kappa shape index (κ1) is 17.2. The maximum absolute atomic E-state index is 10.5. The van der Waals surface area contributed by atoms with Crippen molar-refractivity contribution in [1.82, 2.24) is 0 Å². The lowest BCUT2D eigenvalue weighted by Crippen LogP contribution is -2.00. The van der Waals surface area contributed by atoms with E-state index in [1.54, 1.807) is 6.92 Å². The minimum absolute atomic E-state index is 0.510. The quantitative estimate of drug-likeness (QED) is 0.696. The highest BCUT2D eigenvalue weighted by Crippen LogP contribution is 2.27. The van der Waals surface area contributed by atoms with Crippen molar-refractivity contribution in [3.8, 4) is 11.5 Å². The predicted octanol–water partition coefficient (Wildman–Crippen LogP) is 4.92. The van der Waals surface area contributed by atoms with Crippen LogP contribution in [0.15, 0.2) is 72.8 Å². The molecule has 0 bridgehead atoms. The summed E-state index contributed by atoms with van der Waals surface area (Å²) in [6.07, 6.45) is -1.22. The number of ether oxygens (including phenoxy) is 1. The fraction of sp³-hybridized carbons (Fsp3) is 0.182. The largest absolute Gasteiger partial charge is 0.457 e. The molecular weight excluding hydrogens is 312 g/mol. The molecule has 0 amide bonds. The number of aryl methyl sites for hydroxylation is 1. The number of aliphatic hydroxyl groups excluding tert-OH is 2. The van der Waals surface area contributed by atoms with Crippen molar-refractivity contribution < 1.29 is 14.9 Å². The van der Waals surface area contributed by atoms with Crippen molar-refractivity contribution in [2.24, 2.45) is 0 Å². The second-order valence-corrected chi connectivity index (χ2v) is 6.23. The molecule has 0 fully saturated rings. The zero-order valence-electron chi connectivity index (χ0n) is 14.4. The molecule has 0 saturated heterocycles. The van der Waals surface area contributed by atoms with Gasteiger partial charge in [-0.25, -0.2) is 0 Å². The Balaban J connectivity index is 1.71. The first-order valence-electron chi connectivity index (χ1n) is 8.33. The fourth-order valence-corrected chi connectivity index (χ4v) is 2.61. The zero-order chi connectivity index (χ0) is 17.8. The molecule has 2 N–H and O–H groups in total. The van der Waals surface area contributed by atoms with Gasteiger partial charge in [0.2, 0.25) is 0 Å². The molecule has 3 heteroatoms. The first-order valence-corrected chi connectivity index (χ1v) is 8.33. The third-order valence-corrected chi connectivity index (χ3v) is 4.19. The van der Waals surface area contributed by atoms with Crippen molar-refractivity contribution in [2.75, 3.05) is 0 Å². The molecule has 0 aliphatic carbocycles. The highest BCUT2D eigenvalue weighted by molar-refractivity contribution is 5.38. The summed E-state index contributed by atoms with van der Waals surface area (Å²) in [7, 11) is 0. The number of hydrogen-bond acceptors (Lipinski definition) is 3. The second-order valence-electron chi connectivity index (χ2n) is 6.23. The molecule has 3 rings (SSSR count). The zero-order valence-corrected chi connectivity index (χ0v) is 14.4. The van der Waals surface area contributed by atoms with E-state index >= 15 is 0 Å². The van der Waals surface area contributed by atoms with Crippen LogP contribution in [0.3, 0.4) is 0 Å². The lowest BCUT2D eigenvalue weighted by molar-refractivity contribution is 0.198. The van der Waals surface area contributed by atoms with E-state index in [1.807, 2.05) is 79.7 Å². The van der Waals surface area contributed by atoms with Gasteiger partial charge >= 0.3 is 0 Å². The van der Waals surface area contributed by atoms with E-state index in [0.29, 0.717) is 0 Å². The Morgan fingerprint density at radius 3 is 1.52 bits per heavy atom. The van der Waals surface area contributed by atoms with Crippen LogP contribution < -0.4 is 4.74 Å². The van der Waals surface area contributed by atoms with Gasteiger partial charge in [0.25, 0.3) is 0 Å². The molecular formula is C22H22O3. The van der Waals surface area contributed by atoms with E-state index in [4.69, 9.17) is 4.74 Å². The standard InChI is InChI=1S/C22H22O3/c1-15-3-11-20(12-4-15)25-21-13-9-19(10-14-21)22(24)18-7-5-17(6-8-18)16(2)23/h3-14,16,22-24H,1-2H3/t16-,22-/m0/s1. The molecule has 3 aromatic rings. The molecule has 0 aromatic heterocycles. The molecule has 0 spiro atoms. The predicted molar refractivity (Wildman–Crippen MR) is 98.8 cm³/mol. The van der Waals surface area contributed by atoms with E-state index in [2.05, 4.69) is 0 Å². The maximum atomic E-state index is 10.5. The molecule has 25 heavy (non-hydrogen) atoms. The monoisotopic (exact) mass is 334 g/mol. The summed E-state index contributed by atoms with van der Waals surface area (Å²) < 4.78 is 5.81. The van der Waals surface area contributed by atoms with Crippen LogP contribution in [0.5, 0.6) is 11.5 Å². The number of rotatable bonds is 5. The van der Waals surface area contributed by atoms with E-state index in [-0.39, 0.29) is 0 Å². The normalized spacial score (nSPS) is 13.3. The molecule has 0 radical (unpaired) electrons. The molecule has 0 saturated carbocycles. The van der Waals surface area contributed by atoms with Gasteiger partial charge in [-0.3, -0.25) is 0 Å². The molecule has 0 heterocycles. The molecule has 0 aliphatic heterocycles. The van der Waals surface area contributed by atoms with Gasteiger partial charge in [-0.1, -0.05) is 54.1 Å². The van der Waals surface area contributed by atoms with E-state index < -0.39 is 12.2 Å². The third-order valence-electron chi connectivity index (χ3n) is 4.19. The van der Waals surface area contributed by atoms with Crippen LogP contribution in [0.1, 0.15) is 41.4 Å². The topological polar surface area (TPSA) is 49.7 Å². The lowest BCUT2D eigenvalue weighted by Gasteiger charge is -2.14. The van der Waals surface area contributed by atoms with Crippen molar-refractivity contribution in [3.05, 3.63) is 95.1 Å². The molecule has 3 nitrogen and oxygen atoms in total. The lowest BCUT2D eigenvalue weighted by atomic mass is 9.99.